The van der Waals surface area contributed by atoms with E-state index >= 15 is 0 Å². The Hall–Kier alpha value is -1.10. The third-order valence-corrected chi connectivity index (χ3v) is 2.97. The summed E-state index contributed by atoms with van der Waals surface area (Å²) < 4.78 is 5.33. The molecule has 0 aromatic rings. The Kier molecular flexibility index (Phi) is 4.73. The van der Waals surface area contributed by atoms with Crippen LogP contribution in [0, 0.1) is 11.8 Å². The first-order valence-electron chi connectivity index (χ1n) is 6.43. The van der Waals surface area contributed by atoms with Crippen LogP contribution in [0.25, 0.3) is 0 Å². The molecule has 2 unspecified atom stereocenters. The maximum absolute atomic E-state index is 12.0. The predicted octanol–water partition coefficient (Wildman–Crippen LogP) is 1.41. The molecule has 18 heavy (non-hydrogen) atoms. The molecule has 1 amide bonds. The maximum Gasteiger partial charge on any atom is 0.410 e. The normalized spacial score (nSPS) is 24.8. The summed E-state index contributed by atoms with van der Waals surface area (Å²) in [6.07, 6.45) is 0.457. The molecule has 1 saturated heterocycles. The Labute approximate surface area is 109 Å². The Balaban J connectivity index is 2.66. The molecule has 2 atom stereocenters. The molecule has 2 N–H and O–H groups in total. The van der Waals surface area contributed by atoms with Gasteiger partial charge in [-0.1, -0.05) is 6.92 Å². The number of hydrogen-bond acceptors (Lipinski definition) is 4. The predicted molar refractivity (Wildman–Crippen MR) is 69.1 cm³/mol. The third-order valence-electron chi connectivity index (χ3n) is 2.97. The van der Waals surface area contributed by atoms with Crippen molar-refractivity contribution >= 4 is 11.9 Å². The van der Waals surface area contributed by atoms with E-state index in [0.717, 1.165) is 6.42 Å². The van der Waals surface area contributed by atoms with Crippen molar-refractivity contribution in [2.45, 2.75) is 39.7 Å². The van der Waals surface area contributed by atoms with Crippen molar-refractivity contribution in [3.05, 3.63) is 0 Å². The van der Waals surface area contributed by atoms with Crippen LogP contribution in [0.4, 0.5) is 4.79 Å². The zero-order valence-electron chi connectivity index (χ0n) is 11.7. The molecule has 5 heteroatoms. The number of hydrogen-bond donors (Lipinski definition) is 1. The van der Waals surface area contributed by atoms with Crippen LogP contribution >= 0.6 is 0 Å². The number of carbonyl (C=O) groups excluding carboxylic acids is 2. The van der Waals surface area contributed by atoms with Gasteiger partial charge in [-0.3, -0.25) is 4.79 Å². The zero-order valence-corrected chi connectivity index (χ0v) is 11.7. The lowest BCUT2D eigenvalue weighted by molar-refractivity contribution is -0.123. The number of likely N-dealkylation sites (tertiary alicyclic amines) is 1. The second-order valence-electron chi connectivity index (χ2n) is 6.09. The first-order valence-corrected chi connectivity index (χ1v) is 6.43. The van der Waals surface area contributed by atoms with Gasteiger partial charge in [-0.15, -0.1) is 0 Å². The number of nitrogens with two attached hydrogens (primary N) is 1. The van der Waals surface area contributed by atoms with E-state index < -0.39 is 5.60 Å². The number of amides is 1. The van der Waals surface area contributed by atoms with Crippen LogP contribution in [0.1, 0.15) is 34.1 Å². The molecule has 104 valence electrons. The molecule has 1 rings (SSSR count). The summed E-state index contributed by atoms with van der Waals surface area (Å²) in [4.78, 5) is 25.3. The zero-order chi connectivity index (χ0) is 13.9. The molecule has 0 bridgehead atoms. The highest BCUT2D eigenvalue weighted by atomic mass is 16.6. The summed E-state index contributed by atoms with van der Waals surface area (Å²) in [6, 6.07) is 0. The van der Waals surface area contributed by atoms with Gasteiger partial charge in [0, 0.05) is 19.0 Å². The molecule has 0 radical (unpaired) electrons. The minimum absolute atomic E-state index is 0.0232. The highest BCUT2D eigenvalue weighted by Crippen LogP contribution is 2.23. The van der Waals surface area contributed by atoms with Gasteiger partial charge in [-0.05, 0) is 33.1 Å². The Morgan fingerprint density at radius 3 is 2.44 bits per heavy atom. The topological polar surface area (TPSA) is 72.6 Å². The number of nitrogens with zero attached hydrogens (tertiary/aromatic N) is 1. The molecule has 1 aliphatic rings. The second kappa shape index (κ2) is 5.69. The fraction of sp³-hybridized carbons (Fsp3) is 0.846. The van der Waals surface area contributed by atoms with Gasteiger partial charge in [0.15, 0.2) is 5.78 Å². The number of Topliss-reactive ketones (excluding diaryl/α,β-unsaturated/α-hetero) is 1. The van der Waals surface area contributed by atoms with E-state index in [1.54, 1.807) is 4.90 Å². The van der Waals surface area contributed by atoms with Gasteiger partial charge in [0.1, 0.15) is 5.60 Å². The highest BCUT2D eigenvalue weighted by Gasteiger charge is 2.33. The molecule has 0 aliphatic carbocycles. The average Bonchev–Trinajstić information content (AvgIpc) is 2.24. The summed E-state index contributed by atoms with van der Waals surface area (Å²) in [6.45, 7) is 8.65. The number of carbonyl (C=O) groups is 2. The van der Waals surface area contributed by atoms with E-state index in [1.807, 2.05) is 27.7 Å². The van der Waals surface area contributed by atoms with Crippen molar-refractivity contribution in [2.75, 3.05) is 19.6 Å². The van der Waals surface area contributed by atoms with Crippen molar-refractivity contribution in [1.29, 1.82) is 0 Å². The molecular formula is C13H24N2O3. The van der Waals surface area contributed by atoms with Gasteiger partial charge >= 0.3 is 6.09 Å². The second-order valence-corrected chi connectivity index (χ2v) is 6.09. The van der Waals surface area contributed by atoms with Crippen LogP contribution in [-0.2, 0) is 9.53 Å². The van der Waals surface area contributed by atoms with Crippen LogP contribution in [-0.4, -0.2) is 42.0 Å². The van der Waals surface area contributed by atoms with Crippen LogP contribution in [0.15, 0.2) is 0 Å². The van der Waals surface area contributed by atoms with E-state index in [2.05, 4.69) is 0 Å². The SMILES string of the molecule is CC1CC(C(=O)CN)CN(C(=O)OC(C)(C)C)C1. The molecule has 0 aromatic heterocycles. The number of rotatable bonds is 2. The van der Waals surface area contributed by atoms with Crippen molar-refractivity contribution in [3.63, 3.8) is 0 Å². The van der Waals surface area contributed by atoms with Gasteiger partial charge in [-0.25, -0.2) is 4.79 Å². The molecule has 0 aromatic carbocycles. The van der Waals surface area contributed by atoms with Gasteiger partial charge in [0.05, 0.1) is 6.54 Å². The van der Waals surface area contributed by atoms with Gasteiger partial charge in [0.2, 0.25) is 0 Å². The van der Waals surface area contributed by atoms with Crippen molar-refractivity contribution in [1.82, 2.24) is 4.90 Å². The molecule has 0 saturated carbocycles. The lowest BCUT2D eigenvalue weighted by Crippen LogP contribution is -2.48. The number of ketones is 1. The first-order chi connectivity index (χ1) is 8.23. The Morgan fingerprint density at radius 1 is 1.33 bits per heavy atom. The van der Waals surface area contributed by atoms with Crippen LogP contribution in [0.2, 0.25) is 0 Å². The van der Waals surface area contributed by atoms with E-state index in [0.29, 0.717) is 19.0 Å². The van der Waals surface area contributed by atoms with E-state index in [4.69, 9.17) is 10.5 Å². The van der Waals surface area contributed by atoms with Crippen LogP contribution in [0.5, 0.6) is 0 Å². The van der Waals surface area contributed by atoms with Crippen molar-refractivity contribution < 1.29 is 14.3 Å². The summed E-state index contributed by atoms with van der Waals surface area (Å²) in [7, 11) is 0. The van der Waals surface area contributed by atoms with E-state index in [1.165, 1.54) is 0 Å². The minimum atomic E-state index is -0.509. The van der Waals surface area contributed by atoms with Crippen LogP contribution < -0.4 is 5.73 Å². The van der Waals surface area contributed by atoms with Crippen molar-refractivity contribution in [2.24, 2.45) is 17.6 Å². The highest BCUT2D eigenvalue weighted by molar-refractivity contribution is 5.83. The molecule has 1 heterocycles. The van der Waals surface area contributed by atoms with E-state index in [-0.39, 0.29) is 24.3 Å². The Bertz CT molecular complexity index is 323. The average molecular weight is 256 g/mol. The smallest absolute Gasteiger partial charge is 0.410 e. The largest absolute Gasteiger partial charge is 0.444 e. The summed E-state index contributed by atoms with van der Waals surface area (Å²) >= 11 is 0. The summed E-state index contributed by atoms with van der Waals surface area (Å²) in [5, 5.41) is 0. The molecular weight excluding hydrogens is 232 g/mol. The third kappa shape index (κ3) is 4.29. The lowest BCUT2D eigenvalue weighted by Gasteiger charge is -2.36. The van der Waals surface area contributed by atoms with Gasteiger partial charge < -0.3 is 15.4 Å². The lowest BCUT2D eigenvalue weighted by atomic mass is 9.87. The molecule has 0 spiro atoms. The fourth-order valence-electron chi connectivity index (χ4n) is 2.23. The first kappa shape index (κ1) is 15.0. The standard InChI is InChI=1S/C13H24N2O3/c1-9-5-10(11(16)6-14)8-15(7-9)12(17)18-13(2,3)4/h9-10H,5-8,14H2,1-4H3. The summed E-state index contributed by atoms with van der Waals surface area (Å²) in [5.74, 6) is 0.174. The molecule has 5 nitrogen and oxygen atoms in total. The monoisotopic (exact) mass is 256 g/mol. The number of ether oxygens (including phenoxy) is 1. The minimum Gasteiger partial charge on any atom is -0.444 e. The molecule has 1 fully saturated rings. The van der Waals surface area contributed by atoms with Gasteiger partial charge in [0.25, 0.3) is 0 Å². The quantitative estimate of drug-likeness (QED) is 0.810. The molecule has 1 aliphatic heterocycles. The number of piperidine rings is 1. The van der Waals surface area contributed by atoms with Crippen LogP contribution in [0.3, 0.4) is 0 Å². The van der Waals surface area contributed by atoms with E-state index in [9.17, 15) is 9.59 Å². The Morgan fingerprint density at radius 2 is 1.94 bits per heavy atom. The fourth-order valence-corrected chi connectivity index (χ4v) is 2.23. The van der Waals surface area contributed by atoms with Gasteiger partial charge in [-0.2, -0.15) is 0 Å². The maximum atomic E-state index is 12.0. The summed E-state index contributed by atoms with van der Waals surface area (Å²) in [5.41, 5.74) is 4.88. The van der Waals surface area contributed by atoms with Crippen molar-refractivity contribution in [3.8, 4) is 0 Å².